The first-order valence-electron chi connectivity index (χ1n) is 9.56. The highest BCUT2D eigenvalue weighted by Gasteiger charge is 2.25. The van der Waals surface area contributed by atoms with Gasteiger partial charge in [0.15, 0.2) is 0 Å². The number of aromatic nitrogens is 2. The van der Waals surface area contributed by atoms with Gasteiger partial charge in [-0.3, -0.25) is 0 Å². The molecular formula is C20H22BN5O2. The zero-order valence-electron chi connectivity index (χ0n) is 15.7. The summed E-state index contributed by atoms with van der Waals surface area (Å²) in [6.45, 7) is 1.96. The van der Waals surface area contributed by atoms with Crippen LogP contribution in [0.2, 0.25) is 0 Å². The Morgan fingerprint density at radius 3 is 3.04 bits per heavy atom. The van der Waals surface area contributed by atoms with Crippen LogP contribution in [0, 0.1) is 24.2 Å². The maximum Gasteiger partial charge on any atom is 0.552 e. The molecule has 0 bridgehead atoms. The monoisotopic (exact) mass is 375 g/mol. The summed E-state index contributed by atoms with van der Waals surface area (Å²) in [5, 5.41) is 25.6. The highest BCUT2D eigenvalue weighted by atomic mass is 16.5. The van der Waals surface area contributed by atoms with Crippen LogP contribution in [-0.2, 0) is 0 Å². The number of hydrogen-bond donors (Lipinski definition) is 3. The highest BCUT2D eigenvalue weighted by Crippen LogP contribution is 2.30. The maximum atomic E-state index is 9.52. The van der Waals surface area contributed by atoms with Crippen molar-refractivity contribution in [2.75, 3.05) is 10.6 Å². The van der Waals surface area contributed by atoms with Gasteiger partial charge in [0.25, 0.3) is 0 Å². The van der Waals surface area contributed by atoms with Gasteiger partial charge in [0.2, 0.25) is 5.95 Å². The summed E-state index contributed by atoms with van der Waals surface area (Å²) in [5.41, 5.74) is 2.65. The molecule has 1 aliphatic carbocycles. The van der Waals surface area contributed by atoms with Crippen molar-refractivity contribution in [3.8, 4) is 11.8 Å². The molecule has 0 spiro atoms. The van der Waals surface area contributed by atoms with Crippen LogP contribution in [0.3, 0.4) is 0 Å². The molecule has 8 heteroatoms. The summed E-state index contributed by atoms with van der Waals surface area (Å²) >= 11 is 0. The first kappa shape index (κ1) is 18.3. The third-order valence-corrected chi connectivity index (χ3v) is 5.18. The van der Waals surface area contributed by atoms with Crippen LogP contribution in [-0.4, -0.2) is 28.2 Å². The summed E-state index contributed by atoms with van der Waals surface area (Å²) in [5.74, 6) is 3.48. The van der Waals surface area contributed by atoms with Gasteiger partial charge in [0, 0.05) is 29.1 Å². The van der Waals surface area contributed by atoms with Gasteiger partial charge in [-0.1, -0.05) is 18.9 Å². The van der Waals surface area contributed by atoms with Crippen molar-refractivity contribution < 1.29 is 9.68 Å². The summed E-state index contributed by atoms with van der Waals surface area (Å²) in [7, 11) is -0.905. The zero-order valence-corrected chi connectivity index (χ0v) is 15.7. The van der Waals surface area contributed by atoms with Crippen LogP contribution in [0.1, 0.15) is 36.8 Å². The predicted molar refractivity (Wildman–Crippen MR) is 109 cm³/mol. The van der Waals surface area contributed by atoms with E-state index in [2.05, 4.69) is 26.7 Å². The topological polar surface area (TPSA) is 103 Å². The number of nitrogens with zero attached hydrogens (tertiary/aromatic N) is 3. The van der Waals surface area contributed by atoms with Crippen molar-refractivity contribution in [2.24, 2.45) is 5.92 Å². The molecule has 0 amide bonds. The molecule has 28 heavy (non-hydrogen) atoms. The van der Waals surface area contributed by atoms with E-state index in [1.54, 1.807) is 18.2 Å². The number of nitrogens with one attached hydrogen (secondary N) is 2. The molecule has 1 aromatic heterocycles. The fourth-order valence-electron chi connectivity index (χ4n) is 3.63. The van der Waals surface area contributed by atoms with Gasteiger partial charge < -0.3 is 20.3 Å². The Balaban J connectivity index is 1.52. The molecule has 2 aromatic rings. The Hall–Kier alpha value is -3.05. The van der Waals surface area contributed by atoms with Crippen molar-refractivity contribution in [1.82, 2.24) is 9.97 Å². The minimum Gasteiger partial charge on any atom is -0.532 e. The Morgan fingerprint density at radius 2 is 2.18 bits per heavy atom. The minimum absolute atomic E-state index is 0.0160. The number of hydrogen-bond acceptors (Lipinski definition) is 7. The summed E-state index contributed by atoms with van der Waals surface area (Å²) < 4.78 is 5.35. The van der Waals surface area contributed by atoms with Gasteiger partial charge in [-0.05, 0) is 43.9 Å². The lowest BCUT2D eigenvalue weighted by molar-refractivity contribution is 0.388. The lowest BCUT2D eigenvalue weighted by Gasteiger charge is -2.28. The van der Waals surface area contributed by atoms with E-state index in [1.165, 1.54) is 0 Å². The molecule has 142 valence electrons. The molecule has 2 aliphatic rings. The van der Waals surface area contributed by atoms with Crippen molar-refractivity contribution in [3.05, 3.63) is 41.5 Å². The predicted octanol–water partition coefficient (Wildman–Crippen LogP) is 3.45. The average Bonchev–Trinajstić information content (AvgIpc) is 2.71. The fraction of sp³-hybridized carbons (Fsp3) is 0.350. The lowest BCUT2D eigenvalue weighted by atomic mass is 9.85. The van der Waals surface area contributed by atoms with Crippen LogP contribution in [0.5, 0.6) is 5.75 Å². The van der Waals surface area contributed by atoms with E-state index in [4.69, 9.17) is 4.65 Å². The first-order valence-corrected chi connectivity index (χ1v) is 9.56. The van der Waals surface area contributed by atoms with Crippen LogP contribution in [0.15, 0.2) is 30.4 Å². The summed E-state index contributed by atoms with van der Waals surface area (Å²) in [6, 6.07) is 8.12. The van der Waals surface area contributed by atoms with Crippen molar-refractivity contribution in [2.45, 2.75) is 38.6 Å². The van der Waals surface area contributed by atoms with Crippen molar-refractivity contribution >= 4 is 30.6 Å². The molecule has 0 saturated heterocycles. The van der Waals surface area contributed by atoms with E-state index in [0.717, 1.165) is 48.3 Å². The zero-order chi connectivity index (χ0) is 19.5. The SMILES string of the molecule is Cc1cnc(Nc2ccc3c(c2)C=CB(O)O3)nc1N[C@@H]1CCCC[C@H]1C#N. The number of aryl methyl sites for hydroxylation is 1. The van der Waals surface area contributed by atoms with Crippen LogP contribution in [0.4, 0.5) is 17.5 Å². The van der Waals surface area contributed by atoms with Gasteiger partial charge in [-0.25, -0.2) is 4.98 Å². The molecule has 7 nitrogen and oxygen atoms in total. The normalized spacial score (nSPS) is 20.7. The molecule has 3 N–H and O–H groups in total. The second-order valence-electron chi connectivity index (χ2n) is 7.24. The van der Waals surface area contributed by atoms with Crippen LogP contribution >= 0.6 is 0 Å². The minimum atomic E-state index is -0.905. The number of rotatable bonds is 4. The Morgan fingerprint density at radius 1 is 1.32 bits per heavy atom. The molecule has 1 aliphatic heterocycles. The van der Waals surface area contributed by atoms with E-state index < -0.39 is 7.12 Å². The van der Waals surface area contributed by atoms with E-state index >= 15 is 0 Å². The average molecular weight is 375 g/mol. The largest absolute Gasteiger partial charge is 0.552 e. The van der Waals surface area contributed by atoms with E-state index in [9.17, 15) is 10.3 Å². The Kier molecular flexibility index (Phi) is 5.17. The van der Waals surface area contributed by atoms with Gasteiger partial charge >= 0.3 is 7.12 Å². The molecule has 4 rings (SSSR count). The maximum absolute atomic E-state index is 9.52. The Bertz CT molecular complexity index is 943. The van der Waals surface area contributed by atoms with Gasteiger partial charge in [-0.2, -0.15) is 10.2 Å². The van der Waals surface area contributed by atoms with Gasteiger partial charge in [0.05, 0.1) is 12.0 Å². The van der Waals surface area contributed by atoms with E-state index in [-0.39, 0.29) is 12.0 Å². The standard InChI is InChI=1S/C20H22BN5O2/c1-13-12-23-20(26-19(13)25-17-5-3-2-4-15(17)11-22)24-16-6-7-18-14(10-16)8-9-21(27)28-18/h6-10,12,15,17,27H,2-5H2,1H3,(H2,23,24,25,26)/t15-,17+/m0/s1. The lowest BCUT2D eigenvalue weighted by Crippen LogP contribution is -2.32. The third-order valence-electron chi connectivity index (χ3n) is 5.18. The van der Waals surface area contributed by atoms with Crippen LogP contribution in [0.25, 0.3) is 6.08 Å². The van der Waals surface area contributed by atoms with E-state index in [1.807, 2.05) is 25.1 Å². The summed E-state index contributed by atoms with van der Waals surface area (Å²) in [4.78, 5) is 9.00. The molecule has 1 saturated carbocycles. The molecule has 2 atom stereocenters. The Labute approximate surface area is 164 Å². The highest BCUT2D eigenvalue weighted by molar-refractivity contribution is 6.51. The van der Waals surface area contributed by atoms with Gasteiger partial charge in [0.1, 0.15) is 11.6 Å². The molecule has 2 heterocycles. The summed E-state index contributed by atoms with van der Waals surface area (Å²) in [6.07, 6.45) is 7.75. The number of anilines is 3. The smallest absolute Gasteiger partial charge is 0.532 e. The van der Waals surface area contributed by atoms with Crippen LogP contribution < -0.4 is 15.3 Å². The third kappa shape index (κ3) is 3.95. The molecule has 0 unspecified atom stereocenters. The molecule has 1 fully saturated rings. The second kappa shape index (κ2) is 7.91. The van der Waals surface area contributed by atoms with Crippen molar-refractivity contribution in [1.29, 1.82) is 5.26 Å². The first-order chi connectivity index (χ1) is 13.6. The quantitative estimate of drug-likeness (QED) is 0.704. The second-order valence-corrected chi connectivity index (χ2v) is 7.24. The number of benzene rings is 1. The van der Waals surface area contributed by atoms with Crippen molar-refractivity contribution in [3.63, 3.8) is 0 Å². The molecule has 0 radical (unpaired) electrons. The molecular weight excluding hydrogens is 353 g/mol. The number of nitriles is 1. The van der Waals surface area contributed by atoms with Gasteiger partial charge in [-0.15, -0.1) is 0 Å². The fourth-order valence-corrected chi connectivity index (χ4v) is 3.63. The number of fused-ring (bicyclic) bond motifs is 1. The van der Waals surface area contributed by atoms with E-state index in [0.29, 0.717) is 11.7 Å². The molecule has 1 aromatic carbocycles.